The van der Waals surface area contributed by atoms with E-state index in [9.17, 15) is 19.1 Å². The van der Waals surface area contributed by atoms with Crippen LogP contribution in [0.1, 0.15) is 44.6 Å². The van der Waals surface area contributed by atoms with Crippen molar-refractivity contribution in [3.05, 3.63) is 60.0 Å². The first kappa shape index (κ1) is 25.2. The zero-order valence-corrected chi connectivity index (χ0v) is 19.9. The smallest absolute Gasteiger partial charge is 0.407 e. The Kier molecular flexibility index (Phi) is 7.94. The van der Waals surface area contributed by atoms with Crippen LogP contribution in [0.3, 0.4) is 0 Å². The highest BCUT2D eigenvalue weighted by Crippen LogP contribution is 2.32. The van der Waals surface area contributed by atoms with Crippen LogP contribution in [-0.2, 0) is 4.74 Å². The number of aromatic amines is 1. The van der Waals surface area contributed by atoms with Gasteiger partial charge in [-0.25, -0.2) is 9.18 Å². The SMILES string of the molecule is C[C@@H](CNC(=O)c1[nH]c2ccccc2c1-c1ccc(F)cc1)C(O)CCNC(=O)OC(C)(C)C. The van der Waals surface area contributed by atoms with E-state index in [2.05, 4.69) is 15.6 Å². The second kappa shape index (κ2) is 10.7. The molecule has 2 atom stereocenters. The molecule has 182 valence electrons. The summed E-state index contributed by atoms with van der Waals surface area (Å²) in [6.07, 6.45) is -0.939. The van der Waals surface area contributed by atoms with Gasteiger partial charge in [-0.15, -0.1) is 0 Å². The number of fused-ring (bicyclic) bond motifs is 1. The first-order valence-electron chi connectivity index (χ1n) is 11.3. The van der Waals surface area contributed by atoms with Gasteiger partial charge < -0.3 is 25.5 Å². The number of para-hydroxylation sites is 1. The van der Waals surface area contributed by atoms with Crippen molar-refractivity contribution >= 4 is 22.9 Å². The van der Waals surface area contributed by atoms with Crippen LogP contribution in [0.25, 0.3) is 22.0 Å². The number of halogens is 1. The summed E-state index contributed by atoms with van der Waals surface area (Å²) in [6.45, 7) is 7.66. The molecule has 2 amide bonds. The normalized spacial score (nSPS) is 13.4. The van der Waals surface area contributed by atoms with Crippen molar-refractivity contribution in [3.8, 4) is 11.1 Å². The minimum Gasteiger partial charge on any atom is -0.444 e. The van der Waals surface area contributed by atoms with Crippen molar-refractivity contribution in [2.24, 2.45) is 5.92 Å². The van der Waals surface area contributed by atoms with E-state index in [4.69, 9.17) is 4.74 Å². The van der Waals surface area contributed by atoms with Gasteiger partial charge >= 0.3 is 6.09 Å². The number of H-pyrrole nitrogens is 1. The minimum absolute atomic E-state index is 0.241. The van der Waals surface area contributed by atoms with Crippen molar-refractivity contribution in [3.63, 3.8) is 0 Å². The minimum atomic E-state index is -0.727. The van der Waals surface area contributed by atoms with E-state index in [0.717, 1.165) is 16.5 Å². The number of hydrogen-bond donors (Lipinski definition) is 4. The Balaban J connectivity index is 1.62. The Labute approximate surface area is 198 Å². The van der Waals surface area contributed by atoms with Crippen LogP contribution < -0.4 is 10.6 Å². The van der Waals surface area contributed by atoms with Crippen LogP contribution in [0.4, 0.5) is 9.18 Å². The fraction of sp³-hybridized carbons (Fsp3) is 0.385. The number of benzene rings is 2. The van der Waals surface area contributed by atoms with Gasteiger partial charge in [-0.2, -0.15) is 0 Å². The van der Waals surface area contributed by atoms with Crippen LogP contribution in [0, 0.1) is 11.7 Å². The fourth-order valence-corrected chi connectivity index (χ4v) is 3.63. The van der Waals surface area contributed by atoms with Gasteiger partial charge in [0.25, 0.3) is 5.91 Å². The third-order valence-electron chi connectivity index (χ3n) is 5.42. The molecular weight excluding hydrogens is 437 g/mol. The topological polar surface area (TPSA) is 103 Å². The molecule has 1 unspecified atom stereocenters. The molecule has 3 aromatic rings. The molecule has 0 aliphatic rings. The number of hydrogen-bond acceptors (Lipinski definition) is 4. The van der Waals surface area contributed by atoms with Crippen LogP contribution in [-0.4, -0.2) is 46.9 Å². The molecule has 0 spiro atoms. The maximum atomic E-state index is 13.5. The molecule has 34 heavy (non-hydrogen) atoms. The van der Waals surface area contributed by atoms with Crippen LogP contribution in [0.2, 0.25) is 0 Å². The molecule has 1 heterocycles. The molecular formula is C26H32FN3O4. The van der Waals surface area contributed by atoms with Crippen LogP contribution in [0.15, 0.2) is 48.5 Å². The van der Waals surface area contributed by atoms with E-state index in [1.807, 2.05) is 31.2 Å². The summed E-state index contributed by atoms with van der Waals surface area (Å²) < 4.78 is 18.6. The van der Waals surface area contributed by atoms with Crippen LogP contribution in [0.5, 0.6) is 0 Å². The number of aliphatic hydroxyl groups excluding tert-OH is 1. The Morgan fingerprint density at radius 2 is 1.76 bits per heavy atom. The Bertz CT molecular complexity index is 1140. The number of amides is 2. The lowest BCUT2D eigenvalue weighted by molar-refractivity contribution is 0.0508. The molecule has 0 saturated heterocycles. The summed E-state index contributed by atoms with van der Waals surface area (Å²) in [5.74, 6) is -0.914. The second-order valence-corrected chi connectivity index (χ2v) is 9.40. The highest BCUT2D eigenvalue weighted by atomic mass is 19.1. The molecule has 0 aliphatic heterocycles. The summed E-state index contributed by atoms with van der Waals surface area (Å²) in [4.78, 5) is 28.0. The summed E-state index contributed by atoms with van der Waals surface area (Å²) >= 11 is 0. The number of ether oxygens (including phenoxy) is 1. The molecule has 1 aromatic heterocycles. The fourth-order valence-electron chi connectivity index (χ4n) is 3.63. The summed E-state index contributed by atoms with van der Waals surface area (Å²) in [5.41, 5.74) is 2.01. The molecule has 7 nitrogen and oxygen atoms in total. The van der Waals surface area contributed by atoms with E-state index < -0.39 is 17.8 Å². The van der Waals surface area contributed by atoms with E-state index in [1.54, 1.807) is 32.9 Å². The van der Waals surface area contributed by atoms with Gasteiger partial charge in [0, 0.05) is 29.6 Å². The lowest BCUT2D eigenvalue weighted by Gasteiger charge is -2.21. The lowest BCUT2D eigenvalue weighted by Crippen LogP contribution is -2.37. The van der Waals surface area contributed by atoms with E-state index in [0.29, 0.717) is 17.7 Å². The van der Waals surface area contributed by atoms with E-state index >= 15 is 0 Å². The predicted octanol–water partition coefficient (Wildman–Crippen LogP) is 4.62. The number of aliphatic hydroxyl groups is 1. The molecule has 0 bridgehead atoms. The first-order valence-corrected chi connectivity index (χ1v) is 11.3. The number of alkyl carbamates (subject to hydrolysis) is 1. The Morgan fingerprint density at radius 3 is 2.44 bits per heavy atom. The van der Waals surface area contributed by atoms with Crippen LogP contribution >= 0.6 is 0 Å². The third kappa shape index (κ3) is 6.57. The van der Waals surface area contributed by atoms with Gasteiger partial charge in [0.05, 0.1) is 6.10 Å². The largest absolute Gasteiger partial charge is 0.444 e. The molecule has 0 fully saturated rings. The Hall–Kier alpha value is -3.39. The van der Waals surface area contributed by atoms with E-state index in [1.165, 1.54) is 12.1 Å². The number of carbonyl (C=O) groups is 2. The molecule has 4 N–H and O–H groups in total. The number of aromatic nitrogens is 1. The van der Waals surface area contributed by atoms with Crippen molar-refractivity contribution < 1.29 is 23.8 Å². The predicted molar refractivity (Wildman–Crippen MR) is 130 cm³/mol. The number of nitrogens with one attached hydrogen (secondary N) is 3. The van der Waals surface area contributed by atoms with Gasteiger partial charge in [0.1, 0.15) is 17.1 Å². The zero-order valence-electron chi connectivity index (χ0n) is 19.9. The molecule has 8 heteroatoms. The van der Waals surface area contributed by atoms with Gasteiger partial charge in [-0.3, -0.25) is 4.79 Å². The molecule has 3 rings (SSSR count). The average molecular weight is 470 g/mol. The summed E-state index contributed by atoms with van der Waals surface area (Å²) in [5, 5.41) is 16.8. The van der Waals surface area contributed by atoms with Gasteiger partial charge in [-0.1, -0.05) is 37.3 Å². The van der Waals surface area contributed by atoms with Crippen molar-refractivity contribution in [2.75, 3.05) is 13.1 Å². The second-order valence-electron chi connectivity index (χ2n) is 9.40. The lowest BCUT2D eigenvalue weighted by atomic mass is 10.0. The molecule has 0 saturated carbocycles. The van der Waals surface area contributed by atoms with Crippen molar-refractivity contribution in [1.29, 1.82) is 0 Å². The molecule has 2 aromatic carbocycles. The third-order valence-corrected chi connectivity index (χ3v) is 5.42. The highest BCUT2D eigenvalue weighted by molar-refractivity contribution is 6.09. The van der Waals surface area contributed by atoms with Crippen molar-refractivity contribution in [2.45, 2.75) is 45.8 Å². The van der Waals surface area contributed by atoms with E-state index in [-0.39, 0.29) is 30.7 Å². The van der Waals surface area contributed by atoms with Crippen molar-refractivity contribution in [1.82, 2.24) is 15.6 Å². The summed E-state index contributed by atoms with van der Waals surface area (Å²) in [7, 11) is 0. The average Bonchev–Trinajstić information content (AvgIpc) is 3.16. The van der Waals surface area contributed by atoms with Gasteiger partial charge in [0.15, 0.2) is 0 Å². The van der Waals surface area contributed by atoms with Gasteiger partial charge in [0.2, 0.25) is 0 Å². The Morgan fingerprint density at radius 1 is 1.09 bits per heavy atom. The monoisotopic (exact) mass is 469 g/mol. The molecule has 0 aliphatic carbocycles. The zero-order chi connectivity index (χ0) is 24.9. The standard InChI is InChI=1S/C26H32FN3O4/c1-16(21(31)13-14-28-25(33)34-26(2,3)4)15-29-24(32)23-22(17-9-11-18(27)12-10-17)19-7-5-6-8-20(19)30-23/h5-12,16,21,30-31H,13-15H2,1-4H3,(H,28,33)(H,29,32)/t16-,21?/m0/s1. The maximum absolute atomic E-state index is 13.5. The quantitative estimate of drug-likeness (QED) is 0.387. The maximum Gasteiger partial charge on any atom is 0.407 e. The first-order chi connectivity index (χ1) is 16.0. The summed E-state index contributed by atoms with van der Waals surface area (Å²) in [6, 6.07) is 13.6. The number of carbonyl (C=O) groups excluding carboxylic acids is 2. The van der Waals surface area contributed by atoms with Gasteiger partial charge in [-0.05, 0) is 56.9 Å². The molecule has 0 radical (unpaired) electrons. The highest BCUT2D eigenvalue weighted by Gasteiger charge is 2.22. The number of rotatable bonds is 8.